The molecule has 1 atom stereocenters. The first-order valence-corrected chi connectivity index (χ1v) is 8.46. The number of carboxylic acid groups (broad SMARTS) is 1. The minimum Gasteiger partial charge on any atom is -0.481 e. The Morgan fingerprint density at radius 2 is 1.61 bits per heavy atom. The highest BCUT2D eigenvalue weighted by Gasteiger charge is 2.23. The fourth-order valence-electron chi connectivity index (χ4n) is 2.08. The molecule has 0 amide bonds. The Balaban J connectivity index is 2.44. The molecule has 0 aliphatic heterocycles. The predicted octanol–water partition coefficient (Wildman–Crippen LogP) is 3.26. The number of hydrogen-bond acceptors (Lipinski definition) is 4. The van der Waals surface area contributed by atoms with Gasteiger partial charge in [-0.25, -0.2) is 0 Å². The van der Waals surface area contributed by atoms with Gasteiger partial charge in [0.15, 0.2) is 0 Å². The second-order valence-electron chi connectivity index (χ2n) is 5.45. The molecule has 0 spiro atoms. The Bertz CT molecular complexity index is 823. The van der Waals surface area contributed by atoms with Crippen LogP contribution in [0.25, 0.3) is 0 Å². The summed E-state index contributed by atoms with van der Waals surface area (Å²) in [7, 11) is -4.02. The van der Waals surface area contributed by atoms with Crippen molar-refractivity contribution in [1.29, 1.82) is 0 Å². The second kappa shape index (κ2) is 6.42. The average molecular weight is 334 g/mol. The highest BCUT2D eigenvalue weighted by Crippen LogP contribution is 2.30. The van der Waals surface area contributed by atoms with E-state index in [-0.39, 0.29) is 10.6 Å². The Morgan fingerprint density at radius 3 is 2.17 bits per heavy atom. The van der Waals surface area contributed by atoms with E-state index in [0.29, 0.717) is 5.56 Å². The van der Waals surface area contributed by atoms with Crippen molar-refractivity contribution in [1.82, 2.24) is 0 Å². The summed E-state index contributed by atoms with van der Waals surface area (Å²) in [5.74, 6) is -1.88. The van der Waals surface area contributed by atoms with Crippen molar-refractivity contribution in [2.75, 3.05) is 0 Å². The standard InChI is InChI=1S/C17H18O5S/c1-11-4-7-14(8-5-11)23(20,21)22-16-10-12(2)6-9-15(16)13(3)17(18)19/h4-10,13H,1-3H3,(H,18,19). The maximum atomic E-state index is 12.4. The molecule has 5 nitrogen and oxygen atoms in total. The van der Waals surface area contributed by atoms with Crippen LogP contribution in [0.1, 0.15) is 29.5 Å². The lowest BCUT2D eigenvalue weighted by molar-refractivity contribution is -0.138. The molecule has 6 heteroatoms. The van der Waals surface area contributed by atoms with Gasteiger partial charge in [0.25, 0.3) is 0 Å². The van der Waals surface area contributed by atoms with E-state index in [4.69, 9.17) is 4.18 Å². The molecule has 0 saturated heterocycles. The molecule has 1 N–H and O–H groups in total. The minimum atomic E-state index is -4.02. The van der Waals surface area contributed by atoms with Crippen molar-refractivity contribution >= 4 is 16.1 Å². The van der Waals surface area contributed by atoms with Crippen molar-refractivity contribution in [3.63, 3.8) is 0 Å². The molecule has 0 radical (unpaired) electrons. The van der Waals surface area contributed by atoms with Gasteiger partial charge in [-0.1, -0.05) is 29.8 Å². The summed E-state index contributed by atoms with van der Waals surface area (Å²) in [4.78, 5) is 11.2. The third-order valence-corrected chi connectivity index (χ3v) is 4.76. The molecule has 0 bridgehead atoms. The Kier molecular flexibility index (Phi) is 4.75. The zero-order chi connectivity index (χ0) is 17.2. The van der Waals surface area contributed by atoms with Crippen LogP contribution in [0.15, 0.2) is 47.4 Å². The van der Waals surface area contributed by atoms with Crippen LogP contribution in [0.2, 0.25) is 0 Å². The van der Waals surface area contributed by atoms with E-state index < -0.39 is 22.0 Å². The zero-order valence-corrected chi connectivity index (χ0v) is 13.9. The highest BCUT2D eigenvalue weighted by molar-refractivity contribution is 7.87. The molecule has 0 fully saturated rings. The van der Waals surface area contributed by atoms with Gasteiger partial charge in [0.05, 0.1) is 5.92 Å². The summed E-state index contributed by atoms with van der Waals surface area (Å²) in [5.41, 5.74) is 2.03. The van der Waals surface area contributed by atoms with E-state index in [1.54, 1.807) is 31.2 Å². The molecule has 2 rings (SSSR count). The molecule has 0 aromatic heterocycles. The molecule has 122 valence electrons. The summed E-state index contributed by atoms with van der Waals surface area (Å²) in [6, 6.07) is 11.1. The lowest BCUT2D eigenvalue weighted by Gasteiger charge is -2.15. The molecule has 0 aliphatic carbocycles. The number of aliphatic carboxylic acids is 1. The number of hydrogen-bond donors (Lipinski definition) is 1. The molecule has 0 aliphatic rings. The van der Waals surface area contributed by atoms with E-state index in [1.807, 2.05) is 6.92 Å². The van der Waals surface area contributed by atoms with Gasteiger partial charge in [-0.15, -0.1) is 0 Å². The van der Waals surface area contributed by atoms with E-state index in [9.17, 15) is 18.3 Å². The summed E-state index contributed by atoms with van der Waals surface area (Å²) < 4.78 is 30.0. The Hall–Kier alpha value is -2.34. The number of aryl methyl sites for hydroxylation is 2. The average Bonchev–Trinajstić information content (AvgIpc) is 2.46. The molecule has 23 heavy (non-hydrogen) atoms. The lowest BCUT2D eigenvalue weighted by Crippen LogP contribution is -2.14. The summed E-state index contributed by atoms with van der Waals surface area (Å²) >= 11 is 0. The minimum absolute atomic E-state index is 0.0264. The monoisotopic (exact) mass is 334 g/mol. The van der Waals surface area contributed by atoms with Gasteiger partial charge in [-0.3, -0.25) is 4.79 Å². The van der Waals surface area contributed by atoms with Gasteiger partial charge in [-0.2, -0.15) is 8.42 Å². The predicted molar refractivity (Wildman–Crippen MR) is 86.2 cm³/mol. The van der Waals surface area contributed by atoms with Crippen molar-refractivity contribution in [3.8, 4) is 5.75 Å². The van der Waals surface area contributed by atoms with Crippen LogP contribution in [0.4, 0.5) is 0 Å². The van der Waals surface area contributed by atoms with Crippen LogP contribution in [0, 0.1) is 13.8 Å². The Labute approximate surface area is 135 Å². The van der Waals surface area contributed by atoms with Crippen molar-refractivity contribution < 1.29 is 22.5 Å². The lowest BCUT2D eigenvalue weighted by atomic mass is 9.99. The molecule has 0 heterocycles. The molecule has 0 saturated carbocycles. The number of benzene rings is 2. The highest BCUT2D eigenvalue weighted by atomic mass is 32.2. The van der Waals surface area contributed by atoms with E-state index in [2.05, 4.69) is 0 Å². The van der Waals surface area contributed by atoms with Crippen molar-refractivity contribution in [2.24, 2.45) is 0 Å². The topological polar surface area (TPSA) is 80.7 Å². The van der Waals surface area contributed by atoms with Crippen LogP contribution >= 0.6 is 0 Å². The first-order chi connectivity index (χ1) is 10.7. The molecular formula is C17H18O5S. The molecule has 2 aromatic rings. The number of rotatable bonds is 5. The smallest absolute Gasteiger partial charge is 0.339 e. The van der Waals surface area contributed by atoms with E-state index in [0.717, 1.165) is 11.1 Å². The van der Waals surface area contributed by atoms with Crippen LogP contribution in [-0.2, 0) is 14.9 Å². The van der Waals surface area contributed by atoms with Crippen molar-refractivity contribution in [3.05, 3.63) is 59.2 Å². The first kappa shape index (κ1) is 17.0. The van der Waals surface area contributed by atoms with E-state index >= 15 is 0 Å². The number of carboxylic acids is 1. The summed E-state index contributed by atoms with van der Waals surface area (Å²) in [6.07, 6.45) is 0. The van der Waals surface area contributed by atoms with Crippen molar-refractivity contribution in [2.45, 2.75) is 31.6 Å². The molecular weight excluding hydrogens is 316 g/mol. The molecule has 1 unspecified atom stereocenters. The number of carbonyl (C=O) groups is 1. The normalized spacial score (nSPS) is 12.7. The van der Waals surface area contributed by atoms with Gasteiger partial charge < -0.3 is 9.29 Å². The van der Waals surface area contributed by atoms with Crippen LogP contribution in [0.5, 0.6) is 5.75 Å². The van der Waals surface area contributed by atoms with Gasteiger partial charge in [0.1, 0.15) is 10.6 Å². The van der Waals surface area contributed by atoms with Crippen LogP contribution < -0.4 is 4.18 Å². The second-order valence-corrected chi connectivity index (χ2v) is 7.00. The summed E-state index contributed by atoms with van der Waals surface area (Å²) in [5, 5.41) is 9.17. The summed E-state index contributed by atoms with van der Waals surface area (Å²) in [6.45, 7) is 5.11. The molecule has 2 aromatic carbocycles. The van der Waals surface area contributed by atoms with E-state index in [1.165, 1.54) is 25.1 Å². The maximum absolute atomic E-state index is 12.4. The fraction of sp³-hybridized carbons (Fsp3) is 0.235. The zero-order valence-electron chi connectivity index (χ0n) is 13.1. The quantitative estimate of drug-likeness (QED) is 0.849. The Morgan fingerprint density at radius 1 is 1.04 bits per heavy atom. The maximum Gasteiger partial charge on any atom is 0.339 e. The van der Waals surface area contributed by atoms with Gasteiger partial charge in [0, 0.05) is 5.56 Å². The van der Waals surface area contributed by atoms with Gasteiger partial charge in [0.2, 0.25) is 0 Å². The SMILES string of the molecule is Cc1ccc(S(=O)(=O)Oc2cc(C)ccc2C(C)C(=O)O)cc1. The third kappa shape index (κ3) is 3.90. The third-order valence-electron chi connectivity index (χ3n) is 3.52. The largest absolute Gasteiger partial charge is 0.481 e. The van der Waals surface area contributed by atoms with Gasteiger partial charge >= 0.3 is 16.1 Å². The fourth-order valence-corrected chi connectivity index (χ4v) is 3.02. The van der Waals surface area contributed by atoms with Crippen LogP contribution in [-0.4, -0.2) is 19.5 Å². The van der Waals surface area contributed by atoms with Gasteiger partial charge in [-0.05, 0) is 44.5 Å². The first-order valence-electron chi connectivity index (χ1n) is 7.05. The van der Waals surface area contributed by atoms with Crippen LogP contribution in [0.3, 0.4) is 0 Å².